The van der Waals surface area contributed by atoms with Gasteiger partial charge in [0, 0.05) is 6.54 Å². The number of benzene rings is 1. The van der Waals surface area contributed by atoms with E-state index in [0.29, 0.717) is 6.73 Å². The third-order valence-electron chi connectivity index (χ3n) is 2.55. The van der Waals surface area contributed by atoms with Crippen LogP contribution in [0.5, 0.6) is 11.5 Å². The van der Waals surface area contributed by atoms with Crippen molar-refractivity contribution < 1.29 is 9.47 Å². The van der Waals surface area contributed by atoms with Crippen LogP contribution in [-0.2, 0) is 13.0 Å². The summed E-state index contributed by atoms with van der Waals surface area (Å²) in [5.41, 5.74) is 2.37. The van der Waals surface area contributed by atoms with Gasteiger partial charge in [0.1, 0.15) is 18.2 Å². The van der Waals surface area contributed by atoms with E-state index in [1.165, 1.54) is 5.56 Å². The molecule has 0 aliphatic carbocycles. The van der Waals surface area contributed by atoms with Gasteiger partial charge in [0.05, 0.1) is 11.8 Å². The van der Waals surface area contributed by atoms with Gasteiger partial charge in [-0.25, -0.2) is 0 Å². The molecule has 3 heteroatoms. The molecule has 0 saturated carbocycles. The summed E-state index contributed by atoms with van der Waals surface area (Å²) in [7, 11) is 0. The van der Waals surface area contributed by atoms with Gasteiger partial charge in [0.25, 0.3) is 0 Å². The van der Waals surface area contributed by atoms with Crippen LogP contribution in [0.2, 0.25) is 0 Å². The van der Waals surface area contributed by atoms with Crippen LogP contribution in [0.3, 0.4) is 0 Å². The first-order valence-electron chi connectivity index (χ1n) is 4.75. The van der Waals surface area contributed by atoms with E-state index in [9.17, 15) is 0 Å². The summed E-state index contributed by atoms with van der Waals surface area (Å²) in [4.78, 5) is 0. The number of allylic oxidation sites excluding steroid dienone is 1. The minimum atomic E-state index is 0.585. The Labute approximate surface area is 82.3 Å². The highest BCUT2D eigenvalue weighted by molar-refractivity contribution is 5.52. The van der Waals surface area contributed by atoms with E-state index in [0.717, 1.165) is 30.0 Å². The number of fused-ring (bicyclic) bond motifs is 3. The van der Waals surface area contributed by atoms with Crippen molar-refractivity contribution >= 4 is 0 Å². The minimum absolute atomic E-state index is 0.585. The maximum absolute atomic E-state index is 5.52. The number of hydrogen-bond acceptors (Lipinski definition) is 3. The fraction of sp³-hybridized carbons (Fsp3) is 0.273. The molecule has 2 heterocycles. The topological polar surface area (TPSA) is 30.5 Å². The van der Waals surface area contributed by atoms with Gasteiger partial charge in [-0.05, 0) is 24.1 Å². The Balaban J connectivity index is 2.14. The molecule has 0 aromatic heterocycles. The van der Waals surface area contributed by atoms with Crippen LogP contribution in [0.1, 0.15) is 11.1 Å². The lowest BCUT2D eigenvalue weighted by atomic mass is 10.0. The molecule has 14 heavy (non-hydrogen) atoms. The lowest BCUT2D eigenvalue weighted by molar-refractivity contribution is 0.253. The number of ether oxygens (including phenoxy) is 2. The summed E-state index contributed by atoms with van der Waals surface area (Å²) in [6, 6.07) is 4.10. The van der Waals surface area contributed by atoms with Crippen LogP contribution in [0, 0.1) is 0 Å². The van der Waals surface area contributed by atoms with Gasteiger partial charge in [-0.3, -0.25) is 5.32 Å². The second kappa shape index (κ2) is 3.03. The second-order valence-corrected chi connectivity index (χ2v) is 3.44. The molecule has 0 fully saturated rings. The first kappa shape index (κ1) is 7.88. The summed E-state index contributed by atoms with van der Waals surface area (Å²) in [5, 5.41) is 3.16. The molecule has 0 bridgehead atoms. The average molecular weight is 189 g/mol. The smallest absolute Gasteiger partial charge is 0.139 e. The third-order valence-corrected chi connectivity index (χ3v) is 2.55. The molecule has 0 radical (unpaired) electrons. The van der Waals surface area contributed by atoms with Crippen LogP contribution < -0.4 is 14.8 Å². The molecule has 0 saturated heterocycles. The zero-order valence-corrected chi connectivity index (χ0v) is 7.75. The quantitative estimate of drug-likeness (QED) is 0.672. The van der Waals surface area contributed by atoms with Gasteiger partial charge in [-0.1, -0.05) is 6.07 Å². The zero-order valence-electron chi connectivity index (χ0n) is 7.75. The van der Waals surface area contributed by atoms with Gasteiger partial charge in [0.15, 0.2) is 0 Å². The Morgan fingerprint density at radius 3 is 3.29 bits per heavy atom. The maximum atomic E-state index is 5.52. The fourth-order valence-electron chi connectivity index (χ4n) is 1.86. The molecule has 1 aromatic rings. The molecule has 72 valence electrons. The molecule has 0 unspecified atom stereocenters. The highest BCUT2D eigenvalue weighted by Gasteiger charge is 2.19. The Morgan fingerprint density at radius 1 is 1.29 bits per heavy atom. The van der Waals surface area contributed by atoms with E-state index >= 15 is 0 Å². The molecular formula is C11H11NO2. The SMILES string of the molecule is C1=COc2c(ccc3c2CNCO3)C1. The largest absolute Gasteiger partial charge is 0.478 e. The number of rotatable bonds is 0. The molecule has 2 aliphatic rings. The van der Waals surface area contributed by atoms with Crippen LogP contribution in [0.25, 0.3) is 0 Å². The molecule has 1 aromatic carbocycles. The average Bonchev–Trinajstić information content (AvgIpc) is 2.29. The molecule has 0 atom stereocenters. The highest BCUT2D eigenvalue weighted by atomic mass is 16.5. The van der Waals surface area contributed by atoms with Crippen molar-refractivity contribution in [1.82, 2.24) is 5.32 Å². The van der Waals surface area contributed by atoms with E-state index in [4.69, 9.17) is 9.47 Å². The molecule has 1 N–H and O–H groups in total. The van der Waals surface area contributed by atoms with Crippen molar-refractivity contribution in [3.8, 4) is 11.5 Å². The molecule has 0 amide bonds. The van der Waals surface area contributed by atoms with Crippen molar-refractivity contribution in [1.29, 1.82) is 0 Å². The van der Waals surface area contributed by atoms with Crippen LogP contribution >= 0.6 is 0 Å². The summed E-state index contributed by atoms with van der Waals surface area (Å²) in [6.45, 7) is 1.41. The second-order valence-electron chi connectivity index (χ2n) is 3.44. The number of hydrogen-bond donors (Lipinski definition) is 1. The van der Waals surface area contributed by atoms with E-state index in [1.54, 1.807) is 6.26 Å². The Hall–Kier alpha value is -1.48. The van der Waals surface area contributed by atoms with Crippen LogP contribution in [-0.4, -0.2) is 6.73 Å². The monoisotopic (exact) mass is 189 g/mol. The lowest BCUT2D eigenvalue weighted by Crippen LogP contribution is -2.26. The first-order valence-corrected chi connectivity index (χ1v) is 4.75. The van der Waals surface area contributed by atoms with Gasteiger partial charge in [-0.2, -0.15) is 0 Å². The third kappa shape index (κ3) is 1.09. The number of nitrogens with one attached hydrogen (secondary N) is 1. The molecule has 0 spiro atoms. The maximum Gasteiger partial charge on any atom is 0.139 e. The van der Waals surface area contributed by atoms with E-state index in [1.807, 2.05) is 12.1 Å². The molecule has 3 nitrogen and oxygen atoms in total. The van der Waals surface area contributed by atoms with Gasteiger partial charge in [-0.15, -0.1) is 0 Å². The summed E-state index contributed by atoms with van der Waals surface area (Å²) in [5.74, 6) is 1.91. The highest BCUT2D eigenvalue weighted by Crippen LogP contribution is 2.35. The Bertz CT molecular complexity index is 399. The lowest BCUT2D eigenvalue weighted by Gasteiger charge is -2.23. The van der Waals surface area contributed by atoms with Crippen LogP contribution in [0.4, 0.5) is 0 Å². The summed E-state index contributed by atoms with van der Waals surface area (Å²) in [6.07, 6.45) is 4.71. The minimum Gasteiger partial charge on any atom is -0.478 e. The predicted octanol–water partition coefficient (Wildman–Crippen LogP) is 1.57. The molecule has 3 rings (SSSR count). The first-order chi connectivity index (χ1) is 6.95. The van der Waals surface area contributed by atoms with Crippen molar-refractivity contribution in [2.24, 2.45) is 0 Å². The van der Waals surface area contributed by atoms with E-state index < -0.39 is 0 Å². The van der Waals surface area contributed by atoms with Crippen molar-refractivity contribution in [2.75, 3.05) is 6.73 Å². The van der Waals surface area contributed by atoms with Gasteiger partial charge in [0.2, 0.25) is 0 Å². The normalized spacial score (nSPS) is 17.7. The molecule has 2 aliphatic heterocycles. The van der Waals surface area contributed by atoms with Gasteiger partial charge < -0.3 is 9.47 Å². The van der Waals surface area contributed by atoms with Crippen molar-refractivity contribution in [2.45, 2.75) is 13.0 Å². The van der Waals surface area contributed by atoms with E-state index in [-0.39, 0.29) is 0 Å². The molecular weight excluding hydrogens is 178 g/mol. The van der Waals surface area contributed by atoms with Crippen molar-refractivity contribution in [3.63, 3.8) is 0 Å². The summed E-state index contributed by atoms with van der Waals surface area (Å²) < 4.78 is 11.0. The fourth-order valence-corrected chi connectivity index (χ4v) is 1.86. The standard InChI is InChI=1S/C11H11NO2/c1-2-8-3-4-10-9(6-12-7-14-10)11(8)13-5-1/h1,3-5,12H,2,6-7H2. The van der Waals surface area contributed by atoms with E-state index in [2.05, 4.69) is 11.4 Å². The Kier molecular flexibility index (Phi) is 1.70. The zero-order chi connectivity index (χ0) is 9.38. The Morgan fingerprint density at radius 2 is 2.29 bits per heavy atom. The predicted molar refractivity (Wildman–Crippen MR) is 52.2 cm³/mol. The van der Waals surface area contributed by atoms with Crippen molar-refractivity contribution in [3.05, 3.63) is 35.6 Å². The van der Waals surface area contributed by atoms with Crippen LogP contribution in [0.15, 0.2) is 24.5 Å². The summed E-state index contributed by atoms with van der Waals surface area (Å²) >= 11 is 0. The van der Waals surface area contributed by atoms with Gasteiger partial charge >= 0.3 is 0 Å².